The van der Waals surface area contributed by atoms with Crippen molar-refractivity contribution in [3.05, 3.63) is 52.7 Å². The summed E-state index contributed by atoms with van der Waals surface area (Å²) >= 11 is 6.16. The Hall–Kier alpha value is -2.64. The lowest BCUT2D eigenvalue weighted by atomic mass is 10.2. The molecular formula is C18H20ClN3O4. The van der Waals surface area contributed by atoms with Crippen molar-refractivity contribution in [2.75, 3.05) is 32.7 Å². The molecule has 0 bridgehead atoms. The van der Waals surface area contributed by atoms with Crippen molar-refractivity contribution in [3.8, 4) is 0 Å². The highest BCUT2D eigenvalue weighted by Gasteiger charge is 2.11. The Morgan fingerprint density at radius 2 is 1.96 bits per heavy atom. The van der Waals surface area contributed by atoms with Gasteiger partial charge in [-0.2, -0.15) is 0 Å². The number of methoxy groups -OCH3 is 2. The number of anilines is 2. The predicted octanol–water partition coefficient (Wildman–Crippen LogP) is 3.03. The van der Waals surface area contributed by atoms with Crippen LogP contribution < -0.4 is 10.6 Å². The number of rotatable bonds is 8. The minimum atomic E-state index is -0.470. The molecule has 1 aromatic carbocycles. The van der Waals surface area contributed by atoms with Crippen molar-refractivity contribution in [2.45, 2.75) is 6.42 Å². The molecule has 0 aliphatic rings. The van der Waals surface area contributed by atoms with Crippen LogP contribution in [-0.2, 0) is 9.47 Å². The van der Waals surface area contributed by atoms with Crippen molar-refractivity contribution in [1.29, 1.82) is 0 Å². The monoisotopic (exact) mass is 377 g/mol. The molecule has 2 rings (SSSR count). The summed E-state index contributed by atoms with van der Waals surface area (Å²) in [5.41, 5.74) is 1.30. The summed E-state index contributed by atoms with van der Waals surface area (Å²) in [6.07, 6.45) is 2.25. The van der Waals surface area contributed by atoms with E-state index in [0.717, 1.165) is 6.42 Å². The fourth-order valence-corrected chi connectivity index (χ4v) is 2.33. The van der Waals surface area contributed by atoms with E-state index in [9.17, 15) is 9.59 Å². The molecule has 0 radical (unpaired) electrons. The lowest BCUT2D eigenvalue weighted by Crippen LogP contribution is -2.25. The van der Waals surface area contributed by atoms with Gasteiger partial charge in [-0.15, -0.1) is 0 Å². The minimum absolute atomic E-state index is 0.207. The number of carbonyl (C=O) groups excluding carboxylic acids is 2. The van der Waals surface area contributed by atoms with Crippen LogP contribution >= 0.6 is 11.6 Å². The molecule has 138 valence electrons. The SMILES string of the molecule is COCCCNC(=O)c1ccnc(Nc2cc(C(=O)OC)ccc2Cl)c1. The molecule has 0 saturated carbocycles. The summed E-state index contributed by atoms with van der Waals surface area (Å²) in [5.74, 6) is -0.249. The van der Waals surface area contributed by atoms with E-state index in [4.69, 9.17) is 21.1 Å². The number of hydrogen-bond donors (Lipinski definition) is 2. The number of amides is 1. The summed E-state index contributed by atoms with van der Waals surface area (Å²) in [7, 11) is 2.92. The quantitative estimate of drug-likeness (QED) is 0.543. The fraction of sp³-hybridized carbons (Fsp3) is 0.278. The minimum Gasteiger partial charge on any atom is -0.465 e. The van der Waals surface area contributed by atoms with Gasteiger partial charge < -0.3 is 20.1 Å². The summed E-state index contributed by atoms with van der Waals surface area (Å²) in [6.45, 7) is 1.10. The number of aromatic nitrogens is 1. The standard InChI is InChI=1S/C18H20ClN3O4/c1-25-9-3-7-21-17(23)12-6-8-20-16(11-12)22-15-10-13(18(24)26-2)4-5-14(15)19/h4-6,8,10-11H,3,7,9H2,1-2H3,(H,20,22)(H,21,23). The van der Waals surface area contributed by atoms with Crippen LogP contribution in [0.3, 0.4) is 0 Å². The van der Waals surface area contributed by atoms with Gasteiger partial charge in [0.1, 0.15) is 5.82 Å². The van der Waals surface area contributed by atoms with Gasteiger partial charge >= 0.3 is 5.97 Å². The highest BCUT2D eigenvalue weighted by atomic mass is 35.5. The maximum Gasteiger partial charge on any atom is 0.337 e. The van der Waals surface area contributed by atoms with Gasteiger partial charge in [0, 0.05) is 32.0 Å². The van der Waals surface area contributed by atoms with E-state index in [1.54, 1.807) is 37.4 Å². The molecule has 0 unspecified atom stereocenters. The molecule has 0 atom stereocenters. The van der Waals surface area contributed by atoms with Gasteiger partial charge in [0.05, 0.1) is 23.4 Å². The number of carbonyl (C=O) groups is 2. The third kappa shape index (κ3) is 5.44. The number of nitrogens with one attached hydrogen (secondary N) is 2. The van der Waals surface area contributed by atoms with Crippen molar-refractivity contribution in [1.82, 2.24) is 10.3 Å². The first-order valence-electron chi connectivity index (χ1n) is 7.93. The Kier molecular flexibility index (Phi) is 7.37. The van der Waals surface area contributed by atoms with E-state index in [1.807, 2.05) is 0 Å². The van der Waals surface area contributed by atoms with Crippen LogP contribution in [-0.4, -0.2) is 44.2 Å². The van der Waals surface area contributed by atoms with Gasteiger partial charge in [0.15, 0.2) is 0 Å². The molecule has 1 heterocycles. The van der Waals surface area contributed by atoms with Crippen LogP contribution in [0.2, 0.25) is 5.02 Å². The second-order valence-corrected chi connectivity index (χ2v) is 5.75. The molecule has 2 N–H and O–H groups in total. The average Bonchev–Trinajstić information content (AvgIpc) is 2.66. The molecule has 0 saturated heterocycles. The van der Waals surface area contributed by atoms with E-state index in [-0.39, 0.29) is 5.91 Å². The lowest BCUT2D eigenvalue weighted by Gasteiger charge is -2.10. The maximum atomic E-state index is 12.2. The van der Waals surface area contributed by atoms with Gasteiger partial charge in [-0.1, -0.05) is 11.6 Å². The van der Waals surface area contributed by atoms with Crippen LogP contribution in [0, 0.1) is 0 Å². The zero-order valence-electron chi connectivity index (χ0n) is 14.5. The Morgan fingerprint density at radius 3 is 2.69 bits per heavy atom. The number of nitrogens with zero attached hydrogens (tertiary/aromatic N) is 1. The number of pyridine rings is 1. The third-order valence-corrected chi connectivity index (χ3v) is 3.81. The van der Waals surface area contributed by atoms with Crippen LogP contribution in [0.25, 0.3) is 0 Å². The largest absolute Gasteiger partial charge is 0.465 e. The zero-order chi connectivity index (χ0) is 18.9. The second kappa shape index (κ2) is 9.74. The Balaban J connectivity index is 2.11. The summed E-state index contributed by atoms with van der Waals surface area (Å²) in [4.78, 5) is 28.0. The Labute approximate surface area is 156 Å². The topological polar surface area (TPSA) is 89.5 Å². The molecular weight excluding hydrogens is 358 g/mol. The van der Waals surface area contributed by atoms with Crippen molar-refractivity contribution in [3.63, 3.8) is 0 Å². The number of esters is 1. The van der Waals surface area contributed by atoms with Crippen LogP contribution in [0.1, 0.15) is 27.1 Å². The van der Waals surface area contributed by atoms with Gasteiger partial charge in [0.2, 0.25) is 0 Å². The maximum absolute atomic E-state index is 12.2. The second-order valence-electron chi connectivity index (χ2n) is 5.34. The third-order valence-electron chi connectivity index (χ3n) is 3.48. The molecule has 1 amide bonds. The smallest absolute Gasteiger partial charge is 0.337 e. The number of hydrogen-bond acceptors (Lipinski definition) is 6. The lowest BCUT2D eigenvalue weighted by molar-refractivity contribution is 0.0600. The van der Waals surface area contributed by atoms with E-state index in [0.29, 0.717) is 40.8 Å². The summed E-state index contributed by atoms with van der Waals surface area (Å²) in [5, 5.41) is 6.23. The van der Waals surface area contributed by atoms with E-state index < -0.39 is 5.97 Å². The van der Waals surface area contributed by atoms with E-state index in [2.05, 4.69) is 15.6 Å². The average molecular weight is 378 g/mol. The predicted molar refractivity (Wildman–Crippen MR) is 99.1 cm³/mol. The van der Waals surface area contributed by atoms with E-state index >= 15 is 0 Å². The first-order valence-corrected chi connectivity index (χ1v) is 8.31. The molecule has 7 nitrogen and oxygen atoms in total. The Bertz CT molecular complexity index is 783. The van der Waals surface area contributed by atoms with Gasteiger partial charge in [-0.25, -0.2) is 9.78 Å². The number of halogens is 1. The highest BCUT2D eigenvalue weighted by molar-refractivity contribution is 6.33. The highest BCUT2D eigenvalue weighted by Crippen LogP contribution is 2.26. The van der Waals surface area contributed by atoms with Crippen molar-refractivity contribution >= 4 is 35.0 Å². The molecule has 0 aliphatic heterocycles. The number of ether oxygens (including phenoxy) is 2. The molecule has 1 aromatic heterocycles. The zero-order valence-corrected chi connectivity index (χ0v) is 15.3. The van der Waals surface area contributed by atoms with Crippen molar-refractivity contribution < 1.29 is 19.1 Å². The van der Waals surface area contributed by atoms with E-state index in [1.165, 1.54) is 13.3 Å². The summed E-state index contributed by atoms with van der Waals surface area (Å²) in [6, 6.07) is 7.93. The van der Waals surface area contributed by atoms with Crippen LogP contribution in [0.15, 0.2) is 36.5 Å². The Morgan fingerprint density at radius 1 is 1.15 bits per heavy atom. The number of benzene rings is 1. The molecule has 0 fully saturated rings. The summed E-state index contributed by atoms with van der Waals surface area (Å²) < 4.78 is 9.64. The molecule has 0 spiro atoms. The molecule has 8 heteroatoms. The van der Waals surface area contributed by atoms with Gasteiger partial charge in [-0.05, 0) is 36.8 Å². The van der Waals surface area contributed by atoms with Crippen molar-refractivity contribution in [2.24, 2.45) is 0 Å². The molecule has 2 aromatic rings. The first-order chi connectivity index (χ1) is 12.5. The van der Waals surface area contributed by atoms with Gasteiger partial charge in [0.25, 0.3) is 5.91 Å². The molecule has 26 heavy (non-hydrogen) atoms. The van der Waals surface area contributed by atoms with Crippen LogP contribution in [0.4, 0.5) is 11.5 Å². The fourth-order valence-electron chi connectivity index (χ4n) is 2.16. The van der Waals surface area contributed by atoms with Crippen LogP contribution in [0.5, 0.6) is 0 Å². The first kappa shape index (κ1) is 19.7. The van der Waals surface area contributed by atoms with Gasteiger partial charge in [-0.3, -0.25) is 4.79 Å². The molecule has 0 aliphatic carbocycles. The normalized spacial score (nSPS) is 10.3.